The van der Waals surface area contributed by atoms with Crippen LogP contribution in [0.5, 0.6) is 0 Å². The molecule has 2 N–H and O–H groups in total. The van der Waals surface area contributed by atoms with Gasteiger partial charge in [-0.25, -0.2) is 9.78 Å². The van der Waals surface area contributed by atoms with Gasteiger partial charge in [0.15, 0.2) is 0 Å². The van der Waals surface area contributed by atoms with E-state index in [0.29, 0.717) is 13.0 Å². The number of imidazole rings is 1. The van der Waals surface area contributed by atoms with Gasteiger partial charge in [-0.15, -0.1) is 0 Å². The fourth-order valence-electron chi connectivity index (χ4n) is 2.16. The van der Waals surface area contributed by atoms with Crippen LogP contribution in [-0.2, 0) is 11.2 Å². The zero-order chi connectivity index (χ0) is 14.5. The number of carbonyl (C=O) groups excluding carboxylic acids is 1. The van der Waals surface area contributed by atoms with E-state index in [9.17, 15) is 4.79 Å². The summed E-state index contributed by atoms with van der Waals surface area (Å²) >= 11 is 0. The minimum atomic E-state index is -0.731. The first-order chi connectivity index (χ1) is 9.54. The lowest BCUT2D eigenvalue weighted by atomic mass is 10.1. The molecule has 1 aromatic heterocycles. The van der Waals surface area contributed by atoms with Gasteiger partial charge >= 0.3 is 6.09 Å². The minimum absolute atomic E-state index is 0.325. The van der Waals surface area contributed by atoms with Crippen LogP contribution in [0.3, 0.4) is 0 Å². The number of aryl methyl sites for hydroxylation is 3. The van der Waals surface area contributed by atoms with Crippen molar-refractivity contribution in [2.45, 2.75) is 26.7 Å². The zero-order valence-electron chi connectivity index (χ0n) is 11.8. The topological polar surface area (TPSA) is 70.1 Å². The van der Waals surface area contributed by atoms with Gasteiger partial charge in [0.05, 0.1) is 18.6 Å². The van der Waals surface area contributed by atoms with Gasteiger partial charge in [-0.1, -0.05) is 6.07 Å². The molecular weight excluding hydrogens is 254 g/mol. The third-order valence-electron chi connectivity index (χ3n) is 2.96. The Hall–Kier alpha value is -2.30. The maximum atomic E-state index is 10.4. The Labute approximate surface area is 118 Å². The summed E-state index contributed by atoms with van der Waals surface area (Å²) < 4.78 is 6.70. The van der Waals surface area contributed by atoms with Gasteiger partial charge in [-0.2, -0.15) is 0 Å². The number of primary amides is 1. The lowest BCUT2D eigenvalue weighted by Crippen LogP contribution is -2.13. The molecule has 0 aliphatic rings. The number of ether oxygens (including phenoxy) is 1. The first-order valence-electron chi connectivity index (χ1n) is 6.58. The number of rotatable bonds is 5. The van der Waals surface area contributed by atoms with Crippen LogP contribution in [0.25, 0.3) is 5.69 Å². The molecule has 1 aromatic carbocycles. The number of amides is 1. The molecule has 106 valence electrons. The number of aromatic nitrogens is 2. The van der Waals surface area contributed by atoms with E-state index >= 15 is 0 Å². The van der Waals surface area contributed by atoms with Crippen molar-refractivity contribution in [2.24, 2.45) is 5.73 Å². The predicted molar refractivity (Wildman–Crippen MR) is 76.9 cm³/mol. The SMILES string of the molecule is Cc1cc(C)cc(-n2cnc(CCCOC(N)=O)c2)c1. The first kappa shape index (κ1) is 14.1. The van der Waals surface area contributed by atoms with Crippen molar-refractivity contribution in [3.63, 3.8) is 0 Å². The summed E-state index contributed by atoms with van der Waals surface area (Å²) in [7, 11) is 0. The molecule has 1 heterocycles. The van der Waals surface area contributed by atoms with E-state index in [4.69, 9.17) is 10.5 Å². The van der Waals surface area contributed by atoms with Crippen LogP contribution in [0, 0.1) is 13.8 Å². The lowest BCUT2D eigenvalue weighted by molar-refractivity contribution is 0.155. The van der Waals surface area contributed by atoms with Crippen LogP contribution < -0.4 is 5.73 Å². The molecule has 0 aliphatic carbocycles. The van der Waals surface area contributed by atoms with Crippen LogP contribution in [0.15, 0.2) is 30.7 Å². The molecule has 5 nitrogen and oxygen atoms in total. The molecule has 0 radical (unpaired) electrons. The fourth-order valence-corrected chi connectivity index (χ4v) is 2.16. The summed E-state index contributed by atoms with van der Waals surface area (Å²) in [6.45, 7) is 4.48. The molecule has 0 unspecified atom stereocenters. The fraction of sp³-hybridized carbons (Fsp3) is 0.333. The van der Waals surface area contributed by atoms with E-state index in [1.54, 1.807) is 6.33 Å². The molecule has 20 heavy (non-hydrogen) atoms. The highest BCUT2D eigenvalue weighted by Gasteiger charge is 2.03. The van der Waals surface area contributed by atoms with Crippen molar-refractivity contribution >= 4 is 6.09 Å². The van der Waals surface area contributed by atoms with Crippen molar-refractivity contribution in [3.8, 4) is 5.69 Å². The van der Waals surface area contributed by atoms with Crippen molar-refractivity contribution in [1.29, 1.82) is 0 Å². The van der Waals surface area contributed by atoms with Gasteiger partial charge in [0, 0.05) is 11.9 Å². The van der Waals surface area contributed by atoms with Crippen molar-refractivity contribution < 1.29 is 9.53 Å². The van der Waals surface area contributed by atoms with Gasteiger partial charge in [0.25, 0.3) is 0 Å². The lowest BCUT2D eigenvalue weighted by Gasteiger charge is -2.05. The Morgan fingerprint density at radius 2 is 2.00 bits per heavy atom. The van der Waals surface area contributed by atoms with E-state index in [1.807, 2.05) is 10.8 Å². The van der Waals surface area contributed by atoms with Crippen LogP contribution in [0.4, 0.5) is 4.79 Å². The summed E-state index contributed by atoms with van der Waals surface area (Å²) in [6, 6.07) is 6.38. The number of nitrogens with two attached hydrogens (primary N) is 1. The Kier molecular flexibility index (Phi) is 4.40. The van der Waals surface area contributed by atoms with Crippen molar-refractivity contribution in [3.05, 3.63) is 47.5 Å². The number of nitrogens with zero attached hydrogens (tertiary/aromatic N) is 2. The zero-order valence-corrected chi connectivity index (χ0v) is 11.8. The minimum Gasteiger partial charge on any atom is -0.450 e. The van der Waals surface area contributed by atoms with E-state index in [2.05, 4.69) is 37.0 Å². The molecule has 2 aromatic rings. The summed E-state index contributed by atoms with van der Waals surface area (Å²) in [6.07, 6.45) is 4.54. The highest BCUT2D eigenvalue weighted by Crippen LogP contribution is 2.14. The Morgan fingerprint density at radius 1 is 1.30 bits per heavy atom. The first-order valence-corrected chi connectivity index (χ1v) is 6.58. The van der Waals surface area contributed by atoms with Crippen molar-refractivity contribution in [2.75, 3.05) is 6.61 Å². The summed E-state index contributed by atoms with van der Waals surface area (Å²) in [5.74, 6) is 0. The average Bonchev–Trinajstić information content (AvgIpc) is 2.82. The van der Waals surface area contributed by atoms with Crippen molar-refractivity contribution in [1.82, 2.24) is 9.55 Å². The van der Waals surface area contributed by atoms with Crippen LogP contribution in [-0.4, -0.2) is 22.3 Å². The number of hydrogen-bond acceptors (Lipinski definition) is 3. The molecule has 0 saturated carbocycles. The second-order valence-corrected chi connectivity index (χ2v) is 4.89. The van der Waals surface area contributed by atoms with E-state index in [-0.39, 0.29) is 0 Å². The molecule has 0 spiro atoms. The Bertz CT molecular complexity index is 585. The summed E-state index contributed by atoms with van der Waals surface area (Å²) in [5.41, 5.74) is 9.43. The predicted octanol–water partition coefficient (Wildman–Crippen LogP) is 2.52. The second-order valence-electron chi connectivity index (χ2n) is 4.89. The Morgan fingerprint density at radius 3 is 2.65 bits per heavy atom. The number of benzene rings is 1. The van der Waals surface area contributed by atoms with Gasteiger partial charge in [0.2, 0.25) is 0 Å². The molecule has 5 heteroatoms. The van der Waals surface area contributed by atoms with Gasteiger partial charge < -0.3 is 15.0 Å². The van der Waals surface area contributed by atoms with Gasteiger partial charge in [-0.05, 0) is 49.9 Å². The third-order valence-corrected chi connectivity index (χ3v) is 2.96. The monoisotopic (exact) mass is 273 g/mol. The van der Waals surface area contributed by atoms with Gasteiger partial charge in [-0.3, -0.25) is 0 Å². The van der Waals surface area contributed by atoms with Crippen LogP contribution in [0.2, 0.25) is 0 Å². The average molecular weight is 273 g/mol. The molecule has 0 bridgehead atoms. The van der Waals surface area contributed by atoms with E-state index in [1.165, 1.54) is 11.1 Å². The smallest absolute Gasteiger partial charge is 0.404 e. The highest BCUT2D eigenvalue weighted by atomic mass is 16.5. The number of carbonyl (C=O) groups is 1. The normalized spacial score (nSPS) is 10.5. The molecule has 0 saturated heterocycles. The molecular formula is C15H19N3O2. The number of hydrogen-bond donors (Lipinski definition) is 1. The molecule has 0 fully saturated rings. The van der Waals surface area contributed by atoms with Crippen LogP contribution in [0.1, 0.15) is 23.2 Å². The quantitative estimate of drug-likeness (QED) is 0.851. The second kappa shape index (κ2) is 6.23. The summed E-state index contributed by atoms with van der Waals surface area (Å²) in [5, 5.41) is 0. The maximum absolute atomic E-state index is 10.4. The summed E-state index contributed by atoms with van der Waals surface area (Å²) in [4.78, 5) is 14.8. The molecule has 0 atom stereocenters. The van der Waals surface area contributed by atoms with E-state index in [0.717, 1.165) is 17.8 Å². The molecule has 2 rings (SSSR count). The van der Waals surface area contributed by atoms with E-state index < -0.39 is 6.09 Å². The highest BCUT2D eigenvalue weighted by molar-refractivity contribution is 5.64. The van der Waals surface area contributed by atoms with Crippen LogP contribution >= 0.6 is 0 Å². The maximum Gasteiger partial charge on any atom is 0.404 e. The Balaban J connectivity index is 1.99. The largest absolute Gasteiger partial charge is 0.450 e. The molecule has 0 aliphatic heterocycles. The molecule has 1 amide bonds. The van der Waals surface area contributed by atoms with Gasteiger partial charge in [0.1, 0.15) is 0 Å². The standard InChI is InChI=1S/C15H19N3O2/c1-11-6-12(2)8-14(7-11)18-9-13(17-10-18)4-3-5-20-15(16)19/h6-10H,3-5H2,1-2H3,(H2,16,19). The third kappa shape index (κ3) is 3.85.